The van der Waals surface area contributed by atoms with Gasteiger partial charge in [-0.25, -0.2) is 4.39 Å². The molecular weight excluding hydrogens is 609 g/mol. The van der Waals surface area contributed by atoms with E-state index in [-0.39, 0.29) is 38.8 Å². The number of hydrogen-bond acceptors (Lipinski definition) is 8. The largest absolute Gasteiger partial charge is 0.527 e. The van der Waals surface area contributed by atoms with E-state index in [0.717, 1.165) is 45.1 Å². The SMILES string of the molecule is [B]OC#CC(Oc1cc(C(=O)Nc2ccc(C(=O)N3CCC(N4CCCC4)CC3)cc2)nnc1N)c1c(Cl)ccc(F)c1Cl. The molecule has 44 heavy (non-hydrogen) atoms. The van der Waals surface area contributed by atoms with Gasteiger partial charge in [0.15, 0.2) is 23.4 Å². The number of carbonyl (C=O) groups excluding carboxylic acids is 2. The number of halogens is 3. The van der Waals surface area contributed by atoms with E-state index in [1.807, 2.05) is 4.90 Å². The number of likely N-dealkylation sites (tertiary alicyclic amines) is 2. The van der Waals surface area contributed by atoms with Crippen molar-refractivity contribution in [3.05, 3.63) is 75.1 Å². The topological polar surface area (TPSA) is 123 Å². The summed E-state index contributed by atoms with van der Waals surface area (Å²) >= 11 is 12.4. The van der Waals surface area contributed by atoms with Crippen LogP contribution in [0.2, 0.25) is 10.0 Å². The summed E-state index contributed by atoms with van der Waals surface area (Å²) in [6.07, 6.45) is 5.32. The second kappa shape index (κ2) is 14.2. The molecule has 2 saturated heterocycles. The van der Waals surface area contributed by atoms with Crippen molar-refractivity contribution in [2.75, 3.05) is 37.2 Å². The fourth-order valence-electron chi connectivity index (χ4n) is 5.36. The number of nitrogens with one attached hydrogen (secondary N) is 1. The average Bonchev–Trinajstić information content (AvgIpc) is 3.58. The van der Waals surface area contributed by atoms with E-state index in [4.69, 9.17) is 41.7 Å². The lowest BCUT2D eigenvalue weighted by Gasteiger charge is -2.36. The zero-order chi connectivity index (χ0) is 31.2. The van der Waals surface area contributed by atoms with E-state index < -0.39 is 17.8 Å². The van der Waals surface area contributed by atoms with Crippen LogP contribution in [0.1, 0.15) is 58.2 Å². The molecule has 1 aromatic heterocycles. The molecule has 0 aliphatic carbocycles. The van der Waals surface area contributed by atoms with Gasteiger partial charge in [-0.2, -0.15) is 0 Å². The Balaban J connectivity index is 1.24. The average molecular weight is 637 g/mol. The summed E-state index contributed by atoms with van der Waals surface area (Å²) in [6, 6.07) is 10.8. The normalized spacial score (nSPS) is 16.1. The Labute approximate surface area is 265 Å². The van der Waals surface area contributed by atoms with Crippen LogP contribution in [-0.2, 0) is 4.65 Å². The molecule has 5 rings (SSSR count). The highest BCUT2D eigenvalue weighted by molar-refractivity contribution is 6.36. The molecule has 0 spiro atoms. The van der Waals surface area contributed by atoms with Crippen LogP contribution < -0.4 is 15.8 Å². The molecule has 0 bridgehead atoms. The fourth-order valence-corrected chi connectivity index (χ4v) is 5.93. The van der Waals surface area contributed by atoms with Gasteiger partial charge in [-0.05, 0) is 81.1 Å². The first-order valence-electron chi connectivity index (χ1n) is 14.0. The Morgan fingerprint density at radius 1 is 1.07 bits per heavy atom. The van der Waals surface area contributed by atoms with Crippen LogP contribution >= 0.6 is 23.2 Å². The second-order valence-corrected chi connectivity index (χ2v) is 11.2. The van der Waals surface area contributed by atoms with Gasteiger partial charge in [-0.15, -0.1) is 10.2 Å². The van der Waals surface area contributed by atoms with Crippen LogP contribution in [0.3, 0.4) is 0 Å². The van der Waals surface area contributed by atoms with Gasteiger partial charge >= 0.3 is 8.05 Å². The number of hydrogen-bond donors (Lipinski definition) is 2. The number of nitrogens with zero attached hydrogens (tertiary/aromatic N) is 4. The van der Waals surface area contributed by atoms with Crippen LogP contribution in [0.25, 0.3) is 0 Å². The van der Waals surface area contributed by atoms with Gasteiger partial charge in [0.2, 0.25) is 0 Å². The van der Waals surface area contributed by atoms with Gasteiger partial charge in [0.05, 0.1) is 16.2 Å². The van der Waals surface area contributed by atoms with Crippen molar-refractivity contribution in [3.8, 4) is 17.8 Å². The van der Waals surface area contributed by atoms with Crippen LogP contribution in [0, 0.1) is 17.8 Å². The number of ether oxygens (including phenoxy) is 1. The molecule has 3 heterocycles. The molecule has 3 aromatic rings. The Hall–Kier alpha value is -4.05. The van der Waals surface area contributed by atoms with Gasteiger partial charge in [0.25, 0.3) is 11.8 Å². The molecular formula is C30H28BCl2FN6O4. The van der Waals surface area contributed by atoms with Crippen molar-refractivity contribution < 1.29 is 23.4 Å². The number of amides is 2. The molecule has 2 aromatic carbocycles. The van der Waals surface area contributed by atoms with Crippen molar-refractivity contribution in [2.24, 2.45) is 0 Å². The molecule has 0 saturated carbocycles. The quantitative estimate of drug-likeness (QED) is 0.219. The lowest BCUT2D eigenvalue weighted by molar-refractivity contribution is 0.0644. The minimum atomic E-state index is -1.30. The predicted molar refractivity (Wildman–Crippen MR) is 165 cm³/mol. The molecule has 14 heteroatoms. The van der Waals surface area contributed by atoms with Gasteiger partial charge in [0.1, 0.15) is 5.82 Å². The Morgan fingerprint density at radius 2 is 1.77 bits per heavy atom. The van der Waals surface area contributed by atoms with E-state index in [2.05, 4.69) is 37.1 Å². The molecule has 2 aliphatic heterocycles. The number of aromatic nitrogens is 2. The van der Waals surface area contributed by atoms with Crippen LogP contribution in [0.5, 0.6) is 5.75 Å². The van der Waals surface area contributed by atoms with Crippen molar-refractivity contribution in [1.29, 1.82) is 0 Å². The van der Waals surface area contributed by atoms with Crippen molar-refractivity contribution >= 4 is 54.6 Å². The summed E-state index contributed by atoms with van der Waals surface area (Å²) in [4.78, 5) is 30.5. The first kappa shape index (κ1) is 31.4. The monoisotopic (exact) mass is 636 g/mol. The zero-order valence-corrected chi connectivity index (χ0v) is 25.1. The maximum Gasteiger partial charge on any atom is 0.392 e. The highest BCUT2D eigenvalue weighted by Gasteiger charge is 2.29. The Kier molecular flexibility index (Phi) is 10.1. The molecule has 2 amide bonds. The minimum absolute atomic E-state index is 0.00861. The Morgan fingerprint density at radius 3 is 2.45 bits per heavy atom. The predicted octanol–water partition coefficient (Wildman–Crippen LogP) is 4.64. The number of nitrogens with two attached hydrogens (primary N) is 1. The second-order valence-electron chi connectivity index (χ2n) is 10.4. The van der Waals surface area contributed by atoms with Gasteiger partial charge in [0, 0.05) is 42.0 Å². The number of carbonyl (C=O) groups is 2. The van der Waals surface area contributed by atoms with Crippen LogP contribution in [-0.4, -0.2) is 72.1 Å². The van der Waals surface area contributed by atoms with Crippen molar-refractivity contribution in [3.63, 3.8) is 0 Å². The maximum atomic E-state index is 14.2. The summed E-state index contributed by atoms with van der Waals surface area (Å²) in [6.45, 7) is 3.75. The third kappa shape index (κ3) is 7.18. The highest BCUT2D eigenvalue weighted by atomic mass is 35.5. The molecule has 10 nitrogen and oxygen atoms in total. The van der Waals surface area contributed by atoms with E-state index in [1.54, 1.807) is 24.3 Å². The number of piperidine rings is 1. The first-order chi connectivity index (χ1) is 21.2. The maximum absolute atomic E-state index is 14.2. The summed E-state index contributed by atoms with van der Waals surface area (Å²) in [7, 11) is 5.02. The lowest BCUT2D eigenvalue weighted by atomic mass is 10.0. The first-order valence-corrected chi connectivity index (χ1v) is 14.7. The van der Waals surface area contributed by atoms with E-state index in [9.17, 15) is 14.0 Å². The summed E-state index contributed by atoms with van der Waals surface area (Å²) in [5.74, 6) is 0.812. The van der Waals surface area contributed by atoms with E-state index in [0.29, 0.717) is 17.3 Å². The highest BCUT2D eigenvalue weighted by Crippen LogP contribution is 2.36. The molecule has 2 fully saturated rings. The molecule has 1 unspecified atom stereocenters. The van der Waals surface area contributed by atoms with E-state index >= 15 is 0 Å². The van der Waals surface area contributed by atoms with Crippen LogP contribution in [0.15, 0.2) is 42.5 Å². The zero-order valence-electron chi connectivity index (χ0n) is 23.6. The minimum Gasteiger partial charge on any atom is -0.527 e. The van der Waals surface area contributed by atoms with E-state index in [1.165, 1.54) is 25.0 Å². The fraction of sp³-hybridized carbons (Fsp3) is 0.333. The standard InChI is InChI=1S/C30H28BCl2FN6O4/c31-43-16-11-24(26-21(32)7-8-22(34)27(26)33)44-25-17-23(37-38-28(25)35)29(41)36-19-5-3-18(4-6-19)30(42)40-14-9-20(10-15-40)39-12-1-2-13-39/h3-8,17,20,24H,1-2,9-10,12-15H2,(H2,35,38)(H,36,41). The smallest absolute Gasteiger partial charge is 0.392 e. The van der Waals surface area contributed by atoms with Gasteiger partial charge < -0.3 is 30.2 Å². The molecule has 2 radical (unpaired) electrons. The molecule has 3 N–H and O–H groups in total. The number of nitrogen functional groups attached to an aromatic ring is 1. The molecule has 2 aliphatic rings. The van der Waals surface area contributed by atoms with Crippen molar-refractivity contribution in [1.82, 2.24) is 20.0 Å². The number of rotatable bonds is 7. The number of benzene rings is 2. The Bertz CT molecular complexity index is 1590. The summed E-state index contributed by atoms with van der Waals surface area (Å²) in [5, 5.41) is 10.1. The third-order valence-corrected chi connectivity index (χ3v) is 8.37. The number of anilines is 2. The van der Waals surface area contributed by atoms with Gasteiger partial charge in [-0.1, -0.05) is 23.2 Å². The molecule has 226 valence electrons. The van der Waals surface area contributed by atoms with Crippen LogP contribution in [0.4, 0.5) is 15.9 Å². The lowest BCUT2D eigenvalue weighted by Crippen LogP contribution is -2.45. The van der Waals surface area contributed by atoms with Crippen molar-refractivity contribution in [2.45, 2.75) is 37.8 Å². The third-order valence-electron chi connectivity index (χ3n) is 7.65. The summed E-state index contributed by atoms with van der Waals surface area (Å²) < 4.78 is 24.3. The van der Waals surface area contributed by atoms with Gasteiger partial charge in [-0.3, -0.25) is 9.59 Å². The summed E-state index contributed by atoms with van der Waals surface area (Å²) in [5.41, 5.74) is 6.75. The molecule has 1 atom stereocenters.